The van der Waals surface area contributed by atoms with Gasteiger partial charge in [-0.05, 0) is 48.5 Å². The highest BCUT2D eigenvalue weighted by atomic mass is 79.9. The van der Waals surface area contributed by atoms with E-state index in [4.69, 9.17) is 11.0 Å². The first kappa shape index (κ1) is 15.4. The molecule has 0 saturated carbocycles. The summed E-state index contributed by atoms with van der Waals surface area (Å²) < 4.78 is 1.94. The second kappa shape index (κ2) is 7.72. The molecule has 96 valence electrons. The van der Waals surface area contributed by atoms with E-state index in [1.54, 1.807) is 36.4 Å². The molecule has 0 radical (unpaired) electrons. The number of benzene rings is 2. The Morgan fingerprint density at radius 2 is 1.37 bits per heavy atom. The molecule has 0 aliphatic heterocycles. The highest BCUT2D eigenvalue weighted by Crippen LogP contribution is 2.10. The summed E-state index contributed by atoms with van der Waals surface area (Å²) in [6.07, 6.45) is 0. The number of halogens is 2. The minimum absolute atomic E-state index is 0.396. The Balaban J connectivity index is 0.000000191. The lowest BCUT2D eigenvalue weighted by Crippen LogP contribution is -2.10. The van der Waals surface area contributed by atoms with Gasteiger partial charge in [0, 0.05) is 14.5 Å². The quantitative estimate of drug-likeness (QED) is 0.814. The maximum absolute atomic E-state index is 10.5. The van der Waals surface area contributed by atoms with E-state index in [0.29, 0.717) is 11.1 Å². The van der Waals surface area contributed by atoms with Crippen molar-refractivity contribution in [3.63, 3.8) is 0 Å². The molecule has 0 aliphatic carbocycles. The number of carbonyl (C=O) groups is 1. The molecule has 0 atom stereocenters. The minimum atomic E-state index is -0.396. The Hall–Kier alpha value is -1.64. The van der Waals surface area contributed by atoms with Crippen molar-refractivity contribution in [1.29, 1.82) is 5.26 Å². The first-order valence-electron chi connectivity index (χ1n) is 5.24. The van der Waals surface area contributed by atoms with E-state index in [0.717, 1.165) is 8.95 Å². The molecular weight excluding hydrogens is 372 g/mol. The van der Waals surface area contributed by atoms with Crippen LogP contribution in [0.25, 0.3) is 0 Å². The van der Waals surface area contributed by atoms with Crippen molar-refractivity contribution in [3.05, 3.63) is 68.6 Å². The fraction of sp³-hybridized carbons (Fsp3) is 0. The van der Waals surface area contributed by atoms with Crippen LogP contribution in [0.3, 0.4) is 0 Å². The van der Waals surface area contributed by atoms with Gasteiger partial charge in [-0.15, -0.1) is 0 Å². The predicted octanol–water partition coefficient (Wildman–Crippen LogP) is 3.87. The number of carbonyl (C=O) groups excluding carboxylic acids is 1. The number of primary amides is 1. The number of nitrogens with zero attached hydrogens (tertiary/aromatic N) is 1. The fourth-order valence-electron chi connectivity index (χ4n) is 1.14. The number of nitriles is 1. The Bertz CT molecular complexity index is 586. The first-order valence-corrected chi connectivity index (χ1v) is 6.82. The summed E-state index contributed by atoms with van der Waals surface area (Å²) in [6, 6.07) is 16.2. The van der Waals surface area contributed by atoms with Crippen LogP contribution in [0.2, 0.25) is 0 Å². The zero-order valence-electron chi connectivity index (χ0n) is 9.81. The topological polar surface area (TPSA) is 66.9 Å². The maximum Gasteiger partial charge on any atom is 0.248 e. The third-order valence-corrected chi connectivity index (χ3v) is 3.16. The van der Waals surface area contributed by atoms with Crippen LogP contribution in [0.1, 0.15) is 15.9 Å². The normalized spacial score (nSPS) is 8.89. The summed E-state index contributed by atoms with van der Waals surface area (Å²) in [5, 5.41) is 8.36. The van der Waals surface area contributed by atoms with E-state index < -0.39 is 5.91 Å². The molecule has 2 aromatic carbocycles. The Labute approximate surface area is 128 Å². The van der Waals surface area contributed by atoms with E-state index >= 15 is 0 Å². The largest absolute Gasteiger partial charge is 0.366 e. The van der Waals surface area contributed by atoms with Gasteiger partial charge in [0.2, 0.25) is 5.91 Å². The van der Waals surface area contributed by atoms with Gasteiger partial charge in [0.15, 0.2) is 0 Å². The van der Waals surface area contributed by atoms with E-state index in [9.17, 15) is 4.79 Å². The summed E-state index contributed by atoms with van der Waals surface area (Å²) in [7, 11) is 0. The average molecular weight is 382 g/mol. The number of amides is 1. The van der Waals surface area contributed by atoms with Gasteiger partial charge in [-0.1, -0.05) is 31.9 Å². The lowest BCUT2D eigenvalue weighted by molar-refractivity contribution is 0.100. The zero-order valence-corrected chi connectivity index (χ0v) is 13.0. The molecule has 19 heavy (non-hydrogen) atoms. The van der Waals surface area contributed by atoms with Crippen molar-refractivity contribution >= 4 is 37.8 Å². The average Bonchev–Trinajstić information content (AvgIpc) is 2.41. The summed E-state index contributed by atoms with van der Waals surface area (Å²) >= 11 is 6.51. The maximum atomic E-state index is 10.5. The summed E-state index contributed by atoms with van der Waals surface area (Å²) in [4.78, 5) is 10.5. The van der Waals surface area contributed by atoms with Gasteiger partial charge in [0.1, 0.15) is 0 Å². The van der Waals surface area contributed by atoms with Crippen LogP contribution in [0.5, 0.6) is 0 Å². The summed E-state index contributed by atoms with van der Waals surface area (Å²) in [6.45, 7) is 0. The molecule has 2 rings (SSSR count). The van der Waals surface area contributed by atoms with Crippen LogP contribution in [0.15, 0.2) is 57.5 Å². The number of hydrogen-bond acceptors (Lipinski definition) is 2. The molecule has 3 nitrogen and oxygen atoms in total. The Morgan fingerprint density at radius 1 is 0.947 bits per heavy atom. The van der Waals surface area contributed by atoms with Gasteiger partial charge in [0.25, 0.3) is 0 Å². The monoisotopic (exact) mass is 380 g/mol. The number of nitrogens with two attached hydrogens (primary N) is 1. The smallest absolute Gasteiger partial charge is 0.248 e. The van der Waals surface area contributed by atoms with E-state index in [1.165, 1.54) is 0 Å². The van der Waals surface area contributed by atoms with Crippen molar-refractivity contribution in [1.82, 2.24) is 0 Å². The van der Waals surface area contributed by atoms with Gasteiger partial charge in [-0.3, -0.25) is 4.79 Å². The summed E-state index contributed by atoms with van der Waals surface area (Å²) in [5.41, 5.74) is 6.23. The molecule has 0 heterocycles. The molecule has 2 aromatic rings. The predicted molar refractivity (Wildman–Crippen MR) is 81.5 cm³/mol. The second-order valence-electron chi connectivity index (χ2n) is 3.49. The van der Waals surface area contributed by atoms with Crippen molar-refractivity contribution in [2.75, 3.05) is 0 Å². The second-order valence-corrected chi connectivity index (χ2v) is 5.32. The SMILES string of the molecule is N#Cc1ccc(Br)cc1.NC(=O)c1ccc(Br)cc1. The van der Waals surface area contributed by atoms with Crippen LogP contribution in [-0.2, 0) is 0 Å². The van der Waals surface area contributed by atoms with Crippen molar-refractivity contribution < 1.29 is 4.79 Å². The molecule has 0 unspecified atom stereocenters. The van der Waals surface area contributed by atoms with Gasteiger partial charge < -0.3 is 5.73 Å². The summed E-state index contributed by atoms with van der Waals surface area (Å²) in [5.74, 6) is -0.396. The molecule has 5 heteroatoms. The van der Waals surface area contributed by atoms with Crippen LogP contribution < -0.4 is 5.73 Å². The van der Waals surface area contributed by atoms with Gasteiger partial charge in [-0.25, -0.2) is 0 Å². The third-order valence-electron chi connectivity index (χ3n) is 2.10. The fourth-order valence-corrected chi connectivity index (χ4v) is 1.67. The third kappa shape index (κ3) is 5.69. The molecule has 1 amide bonds. The molecule has 0 aliphatic rings. The van der Waals surface area contributed by atoms with Crippen molar-refractivity contribution in [3.8, 4) is 6.07 Å². The molecule has 0 saturated heterocycles. The van der Waals surface area contributed by atoms with Crippen LogP contribution in [0, 0.1) is 11.3 Å². The zero-order chi connectivity index (χ0) is 14.3. The number of rotatable bonds is 1. The van der Waals surface area contributed by atoms with Crippen LogP contribution in [0.4, 0.5) is 0 Å². The Kier molecular flexibility index (Phi) is 6.26. The first-order chi connectivity index (χ1) is 9.02. The standard InChI is InChI=1S/C7H6BrNO.C7H4BrN/c8-6-3-1-5(2-4-6)7(9)10;8-7-3-1-6(5-9)2-4-7/h1-4H,(H2,9,10);1-4H. The van der Waals surface area contributed by atoms with Gasteiger partial charge in [-0.2, -0.15) is 5.26 Å². The highest BCUT2D eigenvalue weighted by molar-refractivity contribution is 9.10. The van der Waals surface area contributed by atoms with Crippen LogP contribution in [-0.4, -0.2) is 5.91 Å². The number of hydrogen-bond donors (Lipinski definition) is 1. The molecule has 0 aromatic heterocycles. The van der Waals surface area contributed by atoms with Crippen LogP contribution >= 0.6 is 31.9 Å². The molecule has 0 bridgehead atoms. The molecule has 2 N–H and O–H groups in total. The lowest BCUT2D eigenvalue weighted by Gasteiger charge is -1.92. The lowest BCUT2D eigenvalue weighted by atomic mass is 10.2. The molecular formula is C14H10Br2N2O. The Morgan fingerprint density at radius 3 is 1.74 bits per heavy atom. The highest BCUT2D eigenvalue weighted by Gasteiger charge is 1.96. The van der Waals surface area contributed by atoms with E-state index in [1.807, 2.05) is 18.2 Å². The van der Waals surface area contributed by atoms with Crippen molar-refractivity contribution in [2.45, 2.75) is 0 Å². The minimum Gasteiger partial charge on any atom is -0.366 e. The van der Waals surface area contributed by atoms with Gasteiger partial charge >= 0.3 is 0 Å². The van der Waals surface area contributed by atoms with E-state index in [2.05, 4.69) is 31.9 Å². The molecule has 0 spiro atoms. The van der Waals surface area contributed by atoms with Crippen molar-refractivity contribution in [2.24, 2.45) is 5.73 Å². The molecule has 0 fully saturated rings. The van der Waals surface area contributed by atoms with Gasteiger partial charge in [0.05, 0.1) is 11.6 Å². The van der Waals surface area contributed by atoms with E-state index in [-0.39, 0.29) is 0 Å².